The highest BCUT2D eigenvalue weighted by Gasteiger charge is 2.16. The fraction of sp³-hybridized carbons (Fsp3) is 0.556. The largest absolute Gasteiger partial charge is 0.477 e. The summed E-state index contributed by atoms with van der Waals surface area (Å²) in [7, 11) is 0. The van der Waals surface area contributed by atoms with E-state index in [-0.39, 0.29) is 10.4 Å². The zero-order valence-electron chi connectivity index (χ0n) is 8.71. The number of thiocyanates is 1. The van der Waals surface area contributed by atoms with E-state index < -0.39 is 5.97 Å². The monoisotopic (exact) mass is 214 g/mol. The Bertz CT molecular complexity index is 297. The van der Waals surface area contributed by atoms with Crippen molar-refractivity contribution in [2.75, 3.05) is 0 Å². The molecule has 0 heterocycles. The van der Waals surface area contributed by atoms with Crippen LogP contribution in [0, 0.1) is 10.7 Å². The minimum Gasteiger partial charge on any atom is -0.477 e. The summed E-state index contributed by atoms with van der Waals surface area (Å²) in [6.07, 6.45) is 0. The molecule has 0 atom stereocenters. The van der Waals surface area contributed by atoms with Gasteiger partial charge in [-0.3, -0.25) is 0 Å². The summed E-state index contributed by atoms with van der Waals surface area (Å²) in [5.74, 6) is -1.08. The van der Waals surface area contributed by atoms with Crippen LogP contribution in [0.3, 0.4) is 0 Å². The summed E-state index contributed by atoms with van der Waals surface area (Å²) < 4.78 is 0. The Morgan fingerprint density at radius 3 is 2.29 bits per heavy atom. The Balaban J connectivity index is 4.84. The summed E-state index contributed by atoms with van der Waals surface area (Å²) in [4.78, 5) is 10.8. The first-order valence-corrected chi connectivity index (χ1v) is 4.88. The Labute approximate surface area is 88.0 Å². The molecule has 0 radical (unpaired) electrons. The first-order valence-electron chi connectivity index (χ1n) is 4.06. The van der Waals surface area contributed by atoms with E-state index in [1.807, 2.05) is 20.8 Å². The molecule has 78 valence electrons. The molecule has 0 aromatic heterocycles. The van der Waals surface area contributed by atoms with Crippen LogP contribution >= 0.6 is 11.8 Å². The molecule has 0 aromatic carbocycles. The van der Waals surface area contributed by atoms with Crippen molar-refractivity contribution in [2.24, 2.45) is 0 Å². The topological polar surface area (TPSA) is 73.1 Å². The molecule has 2 N–H and O–H groups in total. The predicted octanol–water partition coefficient (Wildman–Crippen LogP) is 1.90. The predicted molar refractivity (Wildman–Crippen MR) is 56.4 cm³/mol. The average molecular weight is 214 g/mol. The van der Waals surface area contributed by atoms with E-state index in [2.05, 4.69) is 5.32 Å². The Morgan fingerprint density at radius 1 is 1.50 bits per heavy atom. The molecular formula is C9H14N2O2S. The van der Waals surface area contributed by atoms with E-state index >= 15 is 0 Å². The van der Waals surface area contributed by atoms with Crippen LogP contribution in [0.15, 0.2) is 10.6 Å². The summed E-state index contributed by atoms with van der Waals surface area (Å²) in [5, 5.41) is 22.0. The van der Waals surface area contributed by atoms with E-state index in [1.165, 1.54) is 0 Å². The van der Waals surface area contributed by atoms with Gasteiger partial charge < -0.3 is 10.4 Å². The quantitative estimate of drug-likeness (QED) is 0.554. The van der Waals surface area contributed by atoms with Gasteiger partial charge in [-0.1, -0.05) is 0 Å². The third-order valence-electron chi connectivity index (χ3n) is 1.25. The third-order valence-corrected chi connectivity index (χ3v) is 2.02. The van der Waals surface area contributed by atoms with Crippen LogP contribution in [-0.4, -0.2) is 16.6 Å². The Kier molecular flexibility index (Phi) is 4.51. The first kappa shape index (κ1) is 12.8. The van der Waals surface area contributed by atoms with Crippen molar-refractivity contribution < 1.29 is 9.90 Å². The fourth-order valence-corrected chi connectivity index (χ4v) is 1.33. The van der Waals surface area contributed by atoms with E-state index in [9.17, 15) is 4.79 Å². The minimum atomic E-state index is -1.08. The zero-order chi connectivity index (χ0) is 11.4. The number of nitriles is 1. The van der Waals surface area contributed by atoms with Crippen LogP contribution in [0.4, 0.5) is 0 Å². The molecule has 0 spiro atoms. The molecule has 14 heavy (non-hydrogen) atoms. The van der Waals surface area contributed by atoms with E-state index in [0.29, 0.717) is 17.5 Å². The summed E-state index contributed by atoms with van der Waals surface area (Å²) >= 11 is 0.656. The molecule has 0 aliphatic rings. The number of allylic oxidation sites excluding steroid dienone is 1. The maximum atomic E-state index is 10.7. The normalized spacial score (nSPS) is 12.8. The first-order chi connectivity index (χ1) is 6.28. The molecular weight excluding hydrogens is 200 g/mol. The van der Waals surface area contributed by atoms with Gasteiger partial charge in [0.1, 0.15) is 10.3 Å². The second kappa shape index (κ2) is 4.91. The molecule has 0 amide bonds. The molecule has 0 bridgehead atoms. The summed E-state index contributed by atoms with van der Waals surface area (Å²) in [6, 6.07) is 0. The van der Waals surface area contributed by atoms with Gasteiger partial charge in [0, 0.05) is 11.2 Å². The standard InChI is InChI=1S/C9H14N2O2S/c1-6(11-9(2,3)4)7(8(12)13)14-5-10/h11H,1-4H3,(H,12,13)/b7-6+. The lowest BCUT2D eigenvalue weighted by molar-refractivity contribution is -0.131. The van der Waals surface area contributed by atoms with Gasteiger partial charge in [0.25, 0.3) is 0 Å². The number of carbonyl (C=O) groups is 1. The lowest BCUT2D eigenvalue weighted by Gasteiger charge is -2.23. The lowest BCUT2D eigenvalue weighted by Crippen LogP contribution is -2.35. The van der Waals surface area contributed by atoms with Gasteiger partial charge in [-0.25, -0.2) is 4.79 Å². The molecule has 4 nitrogen and oxygen atoms in total. The number of nitrogens with zero attached hydrogens (tertiary/aromatic N) is 1. The van der Waals surface area contributed by atoms with Gasteiger partial charge in [-0.15, -0.1) is 0 Å². The van der Waals surface area contributed by atoms with E-state index in [0.717, 1.165) is 0 Å². The average Bonchev–Trinajstić information content (AvgIpc) is 1.95. The van der Waals surface area contributed by atoms with Crippen molar-refractivity contribution in [1.29, 1.82) is 5.26 Å². The number of hydrogen-bond acceptors (Lipinski definition) is 4. The molecule has 0 aliphatic heterocycles. The maximum Gasteiger partial charge on any atom is 0.345 e. The third kappa shape index (κ3) is 4.77. The molecule has 0 unspecified atom stereocenters. The van der Waals surface area contributed by atoms with Gasteiger partial charge in [-0.2, -0.15) is 5.26 Å². The second-order valence-electron chi connectivity index (χ2n) is 3.83. The van der Waals surface area contributed by atoms with Crippen LogP contribution in [0.2, 0.25) is 0 Å². The molecule has 0 saturated carbocycles. The Hall–Kier alpha value is -1.15. The number of aliphatic carboxylic acids is 1. The minimum absolute atomic E-state index is 0.0439. The molecule has 0 saturated heterocycles. The molecule has 0 aliphatic carbocycles. The van der Waals surface area contributed by atoms with Gasteiger partial charge in [-0.05, 0) is 39.5 Å². The molecule has 5 heteroatoms. The van der Waals surface area contributed by atoms with Crippen molar-refractivity contribution in [3.63, 3.8) is 0 Å². The van der Waals surface area contributed by atoms with E-state index in [1.54, 1.807) is 12.3 Å². The Morgan fingerprint density at radius 2 is 2.00 bits per heavy atom. The lowest BCUT2D eigenvalue weighted by atomic mass is 10.1. The summed E-state index contributed by atoms with van der Waals surface area (Å²) in [5.41, 5.74) is 0.303. The number of thioether (sulfide) groups is 1. The molecule has 0 rings (SSSR count). The van der Waals surface area contributed by atoms with Crippen molar-refractivity contribution in [1.82, 2.24) is 5.32 Å². The number of hydrogen-bond donors (Lipinski definition) is 2. The zero-order valence-corrected chi connectivity index (χ0v) is 9.53. The van der Waals surface area contributed by atoms with Gasteiger partial charge in [0.2, 0.25) is 0 Å². The van der Waals surface area contributed by atoms with Gasteiger partial charge >= 0.3 is 5.97 Å². The van der Waals surface area contributed by atoms with Crippen LogP contribution in [0.1, 0.15) is 27.7 Å². The van der Waals surface area contributed by atoms with Crippen LogP contribution in [0.25, 0.3) is 0 Å². The highest BCUT2D eigenvalue weighted by molar-refractivity contribution is 8.08. The van der Waals surface area contributed by atoms with Crippen molar-refractivity contribution in [2.45, 2.75) is 33.2 Å². The van der Waals surface area contributed by atoms with Crippen LogP contribution in [-0.2, 0) is 4.79 Å². The van der Waals surface area contributed by atoms with Crippen LogP contribution < -0.4 is 5.32 Å². The number of carboxylic acids is 1. The SMILES string of the molecule is C/C(NC(C)(C)C)=C(\SC#N)C(=O)O. The maximum absolute atomic E-state index is 10.7. The number of nitrogens with one attached hydrogen (secondary N) is 1. The highest BCUT2D eigenvalue weighted by Crippen LogP contribution is 2.19. The van der Waals surface area contributed by atoms with Crippen molar-refractivity contribution in [3.05, 3.63) is 10.6 Å². The highest BCUT2D eigenvalue weighted by atomic mass is 32.2. The second-order valence-corrected chi connectivity index (χ2v) is 4.62. The molecule has 0 aromatic rings. The van der Waals surface area contributed by atoms with Crippen molar-refractivity contribution in [3.8, 4) is 5.40 Å². The number of carboxylic acid groups (broad SMARTS) is 1. The van der Waals surface area contributed by atoms with Gasteiger partial charge in [0.05, 0.1) is 0 Å². The summed E-state index contributed by atoms with van der Waals surface area (Å²) in [6.45, 7) is 7.42. The van der Waals surface area contributed by atoms with E-state index in [4.69, 9.17) is 10.4 Å². The fourth-order valence-electron chi connectivity index (χ4n) is 0.946. The smallest absolute Gasteiger partial charge is 0.345 e. The number of rotatable bonds is 3. The van der Waals surface area contributed by atoms with Crippen LogP contribution in [0.5, 0.6) is 0 Å². The van der Waals surface area contributed by atoms with Gasteiger partial charge in [0.15, 0.2) is 0 Å². The van der Waals surface area contributed by atoms with Crippen molar-refractivity contribution >= 4 is 17.7 Å². The molecule has 0 fully saturated rings.